The fourth-order valence-electron chi connectivity index (χ4n) is 1.59. The summed E-state index contributed by atoms with van der Waals surface area (Å²) in [7, 11) is 0. The number of hydrogen-bond donors (Lipinski definition) is 2. The van der Waals surface area contributed by atoms with Gasteiger partial charge in [-0.25, -0.2) is 13.8 Å². The van der Waals surface area contributed by atoms with Crippen molar-refractivity contribution in [3.8, 4) is 0 Å². The zero-order valence-electron chi connectivity index (χ0n) is 9.83. The quantitative estimate of drug-likeness (QED) is 0.906. The molecule has 0 amide bonds. The van der Waals surface area contributed by atoms with Crippen molar-refractivity contribution < 1.29 is 8.78 Å². The van der Waals surface area contributed by atoms with Gasteiger partial charge in [0, 0.05) is 12.6 Å². The minimum Gasteiger partial charge on any atom is -0.368 e. The van der Waals surface area contributed by atoms with Crippen molar-refractivity contribution in [2.75, 3.05) is 17.6 Å². The summed E-state index contributed by atoms with van der Waals surface area (Å²) < 4.78 is 26.0. The average molecular weight is 285 g/mol. The monoisotopic (exact) mass is 284 g/mol. The Bertz CT molecular complexity index is 572. The summed E-state index contributed by atoms with van der Waals surface area (Å²) in [6.45, 7) is 0.416. The first-order chi connectivity index (χ1) is 9.04. The lowest BCUT2D eigenvalue weighted by atomic mass is 10.1. The van der Waals surface area contributed by atoms with Crippen LogP contribution in [0, 0.1) is 11.6 Å². The van der Waals surface area contributed by atoms with E-state index in [1.165, 1.54) is 18.3 Å². The van der Waals surface area contributed by atoms with E-state index in [0.29, 0.717) is 29.4 Å². The SMILES string of the molecule is Nc1ncc(Cl)c(NCCc2cc(F)cc(F)c2)n1. The Labute approximate surface area is 113 Å². The van der Waals surface area contributed by atoms with E-state index in [9.17, 15) is 8.78 Å². The molecule has 4 nitrogen and oxygen atoms in total. The molecule has 1 aromatic carbocycles. The molecule has 1 heterocycles. The number of halogens is 3. The molecular formula is C12H11ClF2N4. The number of nitrogens with one attached hydrogen (secondary N) is 1. The molecule has 0 saturated heterocycles. The number of benzene rings is 1. The van der Waals surface area contributed by atoms with Crippen molar-refractivity contribution >= 4 is 23.4 Å². The summed E-state index contributed by atoms with van der Waals surface area (Å²) in [5.74, 6) is -0.701. The van der Waals surface area contributed by atoms with Crippen molar-refractivity contribution in [1.82, 2.24) is 9.97 Å². The lowest BCUT2D eigenvalue weighted by Crippen LogP contribution is -2.08. The van der Waals surface area contributed by atoms with E-state index in [1.54, 1.807) is 0 Å². The van der Waals surface area contributed by atoms with Crippen LogP contribution in [0.15, 0.2) is 24.4 Å². The molecule has 2 aromatic rings. The van der Waals surface area contributed by atoms with Gasteiger partial charge in [0.1, 0.15) is 22.5 Å². The molecule has 7 heteroatoms. The number of hydrogen-bond acceptors (Lipinski definition) is 4. The highest BCUT2D eigenvalue weighted by Gasteiger charge is 2.04. The van der Waals surface area contributed by atoms with Crippen LogP contribution in [0.5, 0.6) is 0 Å². The number of aromatic nitrogens is 2. The molecule has 0 spiro atoms. The van der Waals surface area contributed by atoms with Crippen molar-refractivity contribution in [2.45, 2.75) is 6.42 Å². The van der Waals surface area contributed by atoms with Gasteiger partial charge in [0.15, 0.2) is 0 Å². The first kappa shape index (κ1) is 13.5. The highest BCUT2D eigenvalue weighted by atomic mass is 35.5. The van der Waals surface area contributed by atoms with E-state index >= 15 is 0 Å². The maximum Gasteiger partial charge on any atom is 0.222 e. The molecule has 3 N–H and O–H groups in total. The molecular weight excluding hydrogens is 274 g/mol. The first-order valence-corrected chi connectivity index (χ1v) is 5.89. The van der Waals surface area contributed by atoms with Crippen LogP contribution >= 0.6 is 11.6 Å². The first-order valence-electron chi connectivity index (χ1n) is 5.51. The molecule has 0 saturated carbocycles. The standard InChI is InChI=1S/C12H11ClF2N4/c13-10-6-18-12(16)19-11(10)17-2-1-7-3-8(14)5-9(15)4-7/h3-6H,1-2H2,(H3,16,17,18,19). The smallest absolute Gasteiger partial charge is 0.222 e. The summed E-state index contributed by atoms with van der Waals surface area (Å²) in [6, 6.07) is 3.39. The summed E-state index contributed by atoms with van der Waals surface area (Å²) in [5, 5.41) is 3.27. The van der Waals surface area contributed by atoms with Gasteiger partial charge in [0.2, 0.25) is 5.95 Å². The van der Waals surface area contributed by atoms with Gasteiger partial charge in [-0.05, 0) is 24.1 Å². The number of nitrogens with zero attached hydrogens (tertiary/aromatic N) is 2. The second-order valence-electron chi connectivity index (χ2n) is 3.88. The van der Waals surface area contributed by atoms with Gasteiger partial charge >= 0.3 is 0 Å². The van der Waals surface area contributed by atoms with E-state index in [2.05, 4.69) is 15.3 Å². The fraction of sp³-hybridized carbons (Fsp3) is 0.167. The summed E-state index contributed by atoms with van der Waals surface area (Å²) in [4.78, 5) is 7.64. The maximum atomic E-state index is 13.0. The van der Waals surface area contributed by atoms with Crippen molar-refractivity contribution in [3.63, 3.8) is 0 Å². The molecule has 0 fully saturated rings. The molecule has 0 atom stereocenters. The topological polar surface area (TPSA) is 63.8 Å². The predicted molar refractivity (Wildman–Crippen MR) is 70.0 cm³/mol. The second kappa shape index (κ2) is 5.79. The van der Waals surface area contributed by atoms with E-state index in [1.807, 2.05) is 0 Å². The Morgan fingerprint density at radius 3 is 2.58 bits per heavy atom. The average Bonchev–Trinajstić information content (AvgIpc) is 2.32. The molecule has 100 valence electrons. The van der Waals surface area contributed by atoms with Gasteiger partial charge in [-0.15, -0.1) is 0 Å². The van der Waals surface area contributed by atoms with E-state index < -0.39 is 11.6 Å². The van der Waals surface area contributed by atoms with Gasteiger partial charge in [0.05, 0.1) is 6.20 Å². The normalized spacial score (nSPS) is 10.5. The van der Waals surface area contributed by atoms with Gasteiger partial charge in [-0.3, -0.25) is 0 Å². The van der Waals surface area contributed by atoms with Crippen LogP contribution in [0.4, 0.5) is 20.5 Å². The molecule has 0 unspecified atom stereocenters. The molecule has 2 rings (SSSR count). The van der Waals surface area contributed by atoms with E-state index in [4.69, 9.17) is 17.3 Å². The highest BCUT2D eigenvalue weighted by Crippen LogP contribution is 2.18. The third kappa shape index (κ3) is 3.75. The minimum atomic E-state index is -0.598. The molecule has 19 heavy (non-hydrogen) atoms. The van der Waals surface area contributed by atoms with Crippen molar-refractivity contribution in [1.29, 1.82) is 0 Å². The van der Waals surface area contributed by atoms with Gasteiger partial charge in [-0.2, -0.15) is 4.98 Å². The largest absolute Gasteiger partial charge is 0.368 e. The van der Waals surface area contributed by atoms with Crippen LogP contribution in [0.3, 0.4) is 0 Å². The zero-order valence-corrected chi connectivity index (χ0v) is 10.6. The van der Waals surface area contributed by atoms with Crippen LogP contribution in [-0.4, -0.2) is 16.5 Å². The molecule has 0 aliphatic carbocycles. The lowest BCUT2D eigenvalue weighted by molar-refractivity contribution is 0.580. The van der Waals surface area contributed by atoms with E-state index in [-0.39, 0.29) is 5.95 Å². The summed E-state index contributed by atoms with van der Waals surface area (Å²) in [5.41, 5.74) is 5.97. The van der Waals surface area contributed by atoms with Crippen LogP contribution in [0.2, 0.25) is 5.02 Å². The van der Waals surface area contributed by atoms with Crippen molar-refractivity contribution in [3.05, 3.63) is 46.6 Å². The molecule has 0 aliphatic heterocycles. The van der Waals surface area contributed by atoms with Crippen molar-refractivity contribution in [2.24, 2.45) is 0 Å². The third-order valence-corrected chi connectivity index (χ3v) is 2.67. The highest BCUT2D eigenvalue weighted by molar-refractivity contribution is 6.32. The summed E-state index contributed by atoms with van der Waals surface area (Å²) >= 11 is 5.87. The molecule has 0 bridgehead atoms. The number of anilines is 2. The summed E-state index contributed by atoms with van der Waals surface area (Å²) in [6.07, 6.45) is 1.81. The lowest BCUT2D eigenvalue weighted by Gasteiger charge is -2.07. The Morgan fingerprint density at radius 2 is 1.89 bits per heavy atom. The molecule has 0 radical (unpaired) electrons. The maximum absolute atomic E-state index is 13.0. The minimum absolute atomic E-state index is 0.101. The number of nitrogens with two attached hydrogens (primary N) is 1. The Hall–Kier alpha value is -1.95. The van der Waals surface area contributed by atoms with E-state index in [0.717, 1.165) is 6.07 Å². The second-order valence-corrected chi connectivity index (χ2v) is 4.29. The Balaban J connectivity index is 1.98. The van der Waals surface area contributed by atoms with Crippen LogP contribution in [-0.2, 0) is 6.42 Å². The zero-order chi connectivity index (χ0) is 13.8. The van der Waals surface area contributed by atoms with Gasteiger partial charge < -0.3 is 11.1 Å². The number of rotatable bonds is 4. The van der Waals surface area contributed by atoms with Gasteiger partial charge in [-0.1, -0.05) is 11.6 Å². The molecule has 1 aromatic heterocycles. The third-order valence-electron chi connectivity index (χ3n) is 2.39. The number of nitrogen functional groups attached to an aromatic ring is 1. The predicted octanol–water partition coefficient (Wildman–Crippen LogP) is 2.65. The van der Waals surface area contributed by atoms with Crippen LogP contribution in [0.25, 0.3) is 0 Å². The van der Waals surface area contributed by atoms with Gasteiger partial charge in [0.25, 0.3) is 0 Å². The Morgan fingerprint density at radius 1 is 1.21 bits per heavy atom. The Kier molecular flexibility index (Phi) is 4.11. The van der Waals surface area contributed by atoms with Crippen LogP contribution in [0.1, 0.15) is 5.56 Å². The van der Waals surface area contributed by atoms with Crippen LogP contribution < -0.4 is 11.1 Å². The molecule has 0 aliphatic rings. The fourth-order valence-corrected chi connectivity index (χ4v) is 1.74.